The molecular weight excluding hydrogens is 258 g/mol. The van der Waals surface area contributed by atoms with Crippen LogP contribution in [0.2, 0.25) is 0 Å². The molecule has 1 aliphatic carbocycles. The third-order valence-electron chi connectivity index (χ3n) is 4.93. The fourth-order valence-electron chi connectivity index (χ4n) is 3.58. The van der Waals surface area contributed by atoms with Crippen molar-refractivity contribution in [1.82, 2.24) is 5.32 Å². The molecule has 21 heavy (non-hydrogen) atoms. The van der Waals surface area contributed by atoms with E-state index in [0.717, 1.165) is 19.4 Å². The molecule has 0 saturated heterocycles. The van der Waals surface area contributed by atoms with Crippen LogP contribution >= 0.6 is 0 Å². The summed E-state index contributed by atoms with van der Waals surface area (Å²) in [6, 6.07) is 11.0. The molecule has 0 aromatic heterocycles. The van der Waals surface area contributed by atoms with Gasteiger partial charge in [0.05, 0.1) is 0 Å². The predicted octanol–water partition coefficient (Wildman–Crippen LogP) is 4.31. The van der Waals surface area contributed by atoms with Crippen molar-refractivity contribution in [1.29, 1.82) is 0 Å². The Morgan fingerprint density at radius 2 is 1.71 bits per heavy atom. The summed E-state index contributed by atoms with van der Waals surface area (Å²) in [6.45, 7) is 8.07. The van der Waals surface area contributed by atoms with Crippen LogP contribution < -0.4 is 5.32 Å². The number of benzene rings is 1. The summed E-state index contributed by atoms with van der Waals surface area (Å²) in [5, 5.41) is 13.7. The number of aliphatic hydroxyl groups is 1. The minimum absolute atomic E-state index is 0.0938. The van der Waals surface area contributed by atoms with Gasteiger partial charge in [-0.05, 0) is 23.8 Å². The Hall–Kier alpha value is -0.860. The molecule has 2 heteroatoms. The van der Waals surface area contributed by atoms with Gasteiger partial charge in [-0.2, -0.15) is 0 Å². The number of hydrogen-bond acceptors (Lipinski definition) is 2. The van der Waals surface area contributed by atoms with Gasteiger partial charge in [0.2, 0.25) is 0 Å². The Kier molecular flexibility index (Phi) is 5.45. The lowest BCUT2D eigenvalue weighted by Crippen LogP contribution is -2.43. The van der Waals surface area contributed by atoms with Crippen LogP contribution in [0.25, 0.3) is 0 Å². The van der Waals surface area contributed by atoms with Crippen LogP contribution in [0.3, 0.4) is 0 Å². The summed E-state index contributed by atoms with van der Waals surface area (Å²) in [5.41, 5.74) is 1.59. The standard InChI is InChI=1S/C19H31NO/c1-18(2,3)17(16-10-6-4-7-11-16)20-14-19(15-21)12-8-5-9-13-19/h4,6-7,10-11,17,20-21H,5,8-9,12-15H2,1-3H3. The van der Waals surface area contributed by atoms with Gasteiger partial charge in [-0.3, -0.25) is 0 Å². The molecule has 1 saturated carbocycles. The summed E-state index contributed by atoms with van der Waals surface area (Å²) < 4.78 is 0. The van der Waals surface area contributed by atoms with Gasteiger partial charge in [-0.25, -0.2) is 0 Å². The van der Waals surface area contributed by atoms with Crippen molar-refractivity contribution in [2.75, 3.05) is 13.2 Å². The number of aliphatic hydroxyl groups excluding tert-OH is 1. The van der Waals surface area contributed by atoms with Gasteiger partial charge in [0.25, 0.3) is 0 Å². The summed E-state index contributed by atoms with van der Waals surface area (Å²) in [4.78, 5) is 0. The molecule has 0 bridgehead atoms. The molecule has 1 aromatic rings. The summed E-state index contributed by atoms with van der Waals surface area (Å²) in [5.74, 6) is 0. The molecule has 0 aliphatic heterocycles. The third-order valence-corrected chi connectivity index (χ3v) is 4.93. The maximum Gasteiger partial charge on any atom is 0.0499 e. The van der Waals surface area contributed by atoms with Crippen LogP contribution in [-0.2, 0) is 0 Å². The normalized spacial score (nSPS) is 20.2. The van der Waals surface area contributed by atoms with E-state index in [-0.39, 0.29) is 10.8 Å². The molecule has 1 atom stereocenters. The van der Waals surface area contributed by atoms with Crippen LogP contribution in [0, 0.1) is 10.8 Å². The third kappa shape index (κ3) is 4.31. The lowest BCUT2D eigenvalue weighted by molar-refractivity contribution is 0.0721. The van der Waals surface area contributed by atoms with Gasteiger partial charge >= 0.3 is 0 Å². The summed E-state index contributed by atoms with van der Waals surface area (Å²) in [6.07, 6.45) is 6.15. The van der Waals surface area contributed by atoms with E-state index in [1.165, 1.54) is 24.8 Å². The molecule has 1 aromatic carbocycles. The van der Waals surface area contributed by atoms with E-state index in [0.29, 0.717) is 12.6 Å². The number of hydrogen-bond donors (Lipinski definition) is 2. The van der Waals surface area contributed by atoms with Gasteiger partial charge in [0.15, 0.2) is 0 Å². The molecule has 1 unspecified atom stereocenters. The Morgan fingerprint density at radius 1 is 1.10 bits per heavy atom. The Labute approximate surface area is 130 Å². The van der Waals surface area contributed by atoms with Crippen molar-refractivity contribution in [3.63, 3.8) is 0 Å². The highest BCUT2D eigenvalue weighted by molar-refractivity contribution is 5.20. The van der Waals surface area contributed by atoms with E-state index < -0.39 is 0 Å². The second-order valence-corrected chi connectivity index (χ2v) is 7.81. The quantitative estimate of drug-likeness (QED) is 0.846. The summed E-state index contributed by atoms with van der Waals surface area (Å²) >= 11 is 0. The van der Waals surface area contributed by atoms with E-state index in [9.17, 15) is 5.11 Å². The Bertz CT molecular complexity index is 415. The number of rotatable bonds is 5. The van der Waals surface area contributed by atoms with Crippen LogP contribution in [-0.4, -0.2) is 18.3 Å². The fourth-order valence-corrected chi connectivity index (χ4v) is 3.58. The Morgan fingerprint density at radius 3 is 2.24 bits per heavy atom. The minimum atomic E-state index is 0.0938. The predicted molar refractivity (Wildman–Crippen MR) is 89.2 cm³/mol. The first-order valence-electron chi connectivity index (χ1n) is 8.36. The zero-order valence-corrected chi connectivity index (χ0v) is 13.9. The van der Waals surface area contributed by atoms with E-state index in [1.54, 1.807) is 0 Å². The first-order chi connectivity index (χ1) is 9.97. The van der Waals surface area contributed by atoms with Crippen molar-refractivity contribution < 1.29 is 5.11 Å². The van der Waals surface area contributed by atoms with E-state index in [2.05, 4.69) is 56.4 Å². The van der Waals surface area contributed by atoms with Crippen LogP contribution in [0.4, 0.5) is 0 Å². The average molecular weight is 289 g/mol. The molecular formula is C19H31NO. The van der Waals surface area contributed by atoms with Gasteiger partial charge in [0.1, 0.15) is 0 Å². The minimum Gasteiger partial charge on any atom is -0.396 e. The SMILES string of the molecule is CC(C)(C)C(NCC1(CO)CCCCC1)c1ccccc1. The zero-order chi connectivity index (χ0) is 15.3. The molecule has 0 heterocycles. The lowest BCUT2D eigenvalue weighted by atomic mass is 9.73. The zero-order valence-electron chi connectivity index (χ0n) is 13.9. The Balaban J connectivity index is 2.09. The molecule has 0 radical (unpaired) electrons. The molecule has 2 nitrogen and oxygen atoms in total. The molecule has 2 rings (SSSR count). The highest BCUT2D eigenvalue weighted by Crippen LogP contribution is 2.38. The molecule has 118 valence electrons. The topological polar surface area (TPSA) is 32.3 Å². The van der Waals surface area contributed by atoms with Crippen LogP contribution in [0.1, 0.15) is 64.5 Å². The lowest BCUT2D eigenvalue weighted by Gasteiger charge is -2.40. The van der Waals surface area contributed by atoms with Crippen LogP contribution in [0.5, 0.6) is 0 Å². The highest BCUT2D eigenvalue weighted by atomic mass is 16.3. The maximum atomic E-state index is 9.89. The van der Waals surface area contributed by atoms with Gasteiger partial charge in [-0.15, -0.1) is 0 Å². The number of nitrogens with one attached hydrogen (secondary N) is 1. The first-order valence-corrected chi connectivity index (χ1v) is 8.36. The van der Waals surface area contributed by atoms with Crippen LogP contribution in [0.15, 0.2) is 30.3 Å². The van der Waals surface area contributed by atoms with Gasteiger partial charge in [0, 0.05) is 24.6 Å². The first kappa shape index (κ1) is 16.5. The van der Waals surface area contributed by atoms with Gasteiger partial charge in [-0.1, -0.05) is 70.4 Å². The maximum absolute atomic E-state index is 9.89. The summed E-state index contributed by atoms with van der Waals surface area (Å²) in [7, 11) is 0. The molecule has 0 amide bonds. The van der Waals surface area contributed by atoms with E-state index in [4.69, 9.17) is 0 Å². The monoisotopic (exact) mass is 289 g/mol. The average Bonchev–Trinajstić information content (AvgIpc) is 2.48. The smallest absolute Gasteiger partial charge is 0.0499 e. The molecule has 0 spiro atoms. The van der Waals surface area contributed by atoms with Crippen molar-refractivity contribution in [2.24, 2.45) is 10.8 Å². The molecule has 1 fully saturated rings. The molecule has 1 aliphatic rings. The van der Waals surface area contributed by atoms with Gasteiger partial charge < -0.3 is 10.4 Å². The molecule has 2 N–H and O–H groups in total. The van der Waals surface area contributed by atoms with E-state index >= 15 is 0 Å². The second-order valence-electron chi connectivity index (χ2n) is 7.81. The van der Waals surface area contributed by atoms with Crippen molar-refractivity contribution in [3.05, 3.63) is 35.9 Å². The second kappa shape index (κ2) is 6.93. The van der Waals surface area contributed by atoms with Crippen molar-refractivity contribution in [3.8, 4) is 0 Å². The van der Waals surface area contributed by atoms with E-state index in [1.807, 2.05) is 0 Å². The van der Waals surface area contributed by atoms with Crippen molar-refractivity contribution in [2.45, 2.75) is 58.9 Å². The largest absolute Gasteiger partial charge is 0.396 e. The van der Waals surface area contributed by atoms with Crippen molar-refractivity contribution >= 4 is 0 Å². The fraction of sp³-hybridized carbons (Fsp3) is 0.684. The highest BCUT2D eigenvalue weighted by Gasteiger charge is 2.34.